The van der Waals surface area contributed by atoms with Gasteiger partial charge in [-0.3, -0.25) is 0 Å². The standard InChI is InChI=1S/C12H8F2N2O2S/c13-7-4-8(14)6-9(5-7)16-19-11-10(12(17)18)2-1-3-15-11/h1-6,16H,(H,17,18). The van der Waals surface area contributed by atoms with Crippen molar-refractivity contribution in [3.05, 3.63) is 53.7 Å². The molecule has 0 saturated carbocycles. The molecule has 1 heterocycles. The first-order valence-corrected chi connectivity index (χ1v) is 5.95. The van der Waals surface area contributed by atoms with Crippen molar-refractivity contribution in [2.45, 2.75) is 5.03 Å². The van der Waals surface area contributed by atoms with Crippen LogP contribution in [0.2, 0.25) is 0 Å². The van der Waals surface area contributed by atoms with E-state index in [2.05, 4.69) is 9.71 Å². The van der Waals surface area contributed by atoms with Crippen LogP contribution in [-0.4, -0.2) is 16.1 Å². The van der Waals surface area contributed by atoms with Crippen LogP contribution in [0.4, 0.5) is 14.5 Å². The number of carbonyl (C=O) groups is 1. The summed E-state index contributed by atoms with van der Waals surface area (Å²) in [4.78, 5) is 14.8. The van der Waals surface area contributed by atoms with Crippen molar-refractivity contribution in [1.82, 2.24) is 4.98 Å². The molecule has 98 valence electrons. The van der Waals surface area contributed by atoms with Crippen LogP contribution in [0.5, 0.6) is 0 Å². The van der Waals surface area contributed by atoms with Crippen molar-refractivity contribution < 1.29 is 18.7 Å². The van der Waals surface area contributed by atoms with Crippen LogP contribution in [-0.2, 0) is 0 Å². The van der Waals surface area contributed by atoms with Gasteiger partial charge in [-0.05, 0) is 24.3 Å². The van der Waals surface area contributed by atoms with Gasteiger partial charge in [-0.25, -0.2) is 18.6 Å². The molecule has 2 rings (SSSR count). The van der Waals surface area contributed by atoms with E-state index in [1.807, 2.05) is 0 Å². The van der Waals surface area contributed by atoms with Crippen molar-refractivity contribution in [3.8, 4) is 0 Å². The molecule has 0 fully saturated rings. The van der Waals surface area contributed by atoms with Gasteiger partial charge < -0.3 is 9.83 Å². The normalized spacial score (nSPS) is 10.2. The number of hydrogen-bond donors (Lipinski definition) is 2. The van der Waals surface area contributed by atoms with Crippen LogP contribution in [0.1, 0.15) is 10.4 Å². The van der Waals surface area contributed by atoms with E-state index in [0.29, 0.717) is 0 Å². The van der Waals surface area contributed by atoms with E-state index in [4.69, 9.17) is 5.11 Å². The van der Waals surface area contributed by atoms with Gasteiger partial charge in [-0.2, -0.15) is 0 Å². The summed E-state index contributed by atoms with van der Waals surface area (Å²) in [6, 6.07) is 5.83. The predicted octanol–water partition coefficient (Wildman–Crippen LogP) is 3.18. The lowest BCUT2D eigenvalue weighted by Crippen LogP contribution is -2.01. The molecule has 0 atom stereocenters. The number of rotatable bonds is 4. The lowest BCUT2D eigenvalue weighted by Gasteiger charge is -2.07. The summed E-state index contributed by atoms with van der Waals surface area (Å²) in [5.41, 5.74) is 0.196. The Morgan fingerprint density at radius 3 is 2.58 bits per heavy atom. The van der Waals surface area contributed by atoms with Gasteiger partial charge in [0.1, 0.15) is 16.7 Å². The maximum atomic E-state index is 13.0. The summed E-state index contributed by atoms with van der Waals surface area (Å²) < 4.78 is 28.6. The number of carboxylic acid groups (broad SMARTS) is 1. The van der Waals surface area contributed by atoms with Crippen LogP contribution in [0, 0.1) is 11.6 Å². The topological polar surface area (TPSA) is 62.2 Å². The number of carboxylic acids is 1. The first-order chi connectivity index (χ1) is 9.06. The summed E-state index contributed by atoms with van der Waals surface area (Å²) in [6.07, 6.45) is 1.43. The largest absolute Gasteiger partial charge is 0.478 e. The predicted molar refractivity (Wildman–Crippen MR) is 67.0 cm³/mol. The number of nitrogens with zero attached hydrogens (tertiary/aromatic N) is 1. The maximum absolute atomic E-state index is 13.0. The molecule has 0 unspecified atom stereocenters. The zero-order valence-electron chi connectivity index (χ0n) is 9.43. The molecule has 0 saturated heterocycles. The highest BCUT2D eigenvalue weighted by Crippen LogP contribution is 2.23. The maximum Gasteiger partial charge on any atom is 0.338 e. The third-order valence-corrected chi connectivity index (χ3v) is 2.99. The van der Waals surface area contributed by atoms with E-state index in [0.717, 1.165) is 30.1 Å². The third-order valence-electron chi connectivity index (χ3n) is 2.13. The fourth-order valence-corrected chi connectivity index (χ4v) is 2.07. The Hall–Kier alpha value is -2.15. The summed E-state index contributed by atoms with van der Waals surface area (Å²) >= 11 is 0.871. The van der Waals surface area contributed by atoms with Crippen LogP contribution >= 0.6 is 11.9 Å². The molecule has 0 spiro atoms. The van der Waals surface area contributed by atoms with Gasteiger partial charge in [0.15, 0.2) is 0 Å². The molecular weight excluding hydrogens is 274 g/mol. The average molecular weight is 282 g/mol. The number of benzene rings is 1. The molecule has 0 aliphatic carbocycles. The highest BCUT2D eigenvalue weighted by molar-refractivity contribution is 8.00. The van der Waals surface area contributed by atoms with Gasteiger partial charge in [0.05, 0.1) is 11.3 Å². The number of aromatic carboxylic acids is 1. The second kappa shape index (κ2) is 5.66. The Kier molecular flexibility index (Phi) is 3.96. The number of halogens is 2. The summed E-state index contributed by atoms with van der Waals surface area (Å²) in [5, 5.41) is 9.16. The second-order valence-electron chi connectivity index (χ2n) is 3.52. The molecular formula is C12H8F2N2O2S. The second-order valence-corrected chi connectivity index (χ2v) is 4.32. The van der Waals surface area contributed by atoms with Crippen LogP contribution in [0.25, 0.3) is 0 Å². The minimum Gasteiger partial charge on any atom is -0.478 e. The van der Waals surface area contributed by atoms with Crippen molar-refractivity contribution in [2.24, 2.45) is 0 Å². The minimum atomic E-state index is -1.12. The van der Waals surface area contributed by atoms with Crippen molar-refractivity contribution in [3.63, 3.8) is 0 Å². The first-order valence-electron chi connectivity index (χ1n) is 5.13. The number of nitrogens with one attached hydrogen (secondary N) is 1. The Morgan fingerprint density at radius 2 is 1.95 bits per heavy atom. The molecule has 0 radical (unpaired) electrons. The monoisotopic (exact) mass is 282 g/mol. The van der Waals surface area contributed by atoms with Crippen molar-refractivity contribution in [2.75, 3.05) is 4.72 Å². The number of aromatic nitrogens is 1. The van der Waals surface area contributed by atoms with Crippen molar-refractivity contribution in [1.29, 1.82) is 0 Å². The quantitative estimate of drug-likeness (QED) is 0.843. The molecule has 1 aromatic carbocycles. The number of pyridine rings is 1. The van der Waals surface area contributed by atoms with E-state index >= 15 is 0 Å². The van der Waals surface area contributed by atoms with E-state index in [-0.39, 0.29) is 16.3 Å². The Labute approximate surface area is 111 Å². The number of anilines is 1. The summed E-state index contributed by atoms with van der Waals surface area (Å²) in [5.74, 6) is -2.56. The molecule has 0 amide bonds. The SMILES string of the molecule is O=C(O)c1cccnc1SNc1cc(F)cc(F)c1. The van der Waals surface area contributed by atoms with E-state index in [1.54, 1.807) is 0 Å². The van der Waals surface area contributed by atoms with Crippen LogP contribution in [0.15, 0.2) is 41.6 Å². The van der Waals surface area contributed by atoms with Gasteiger partial charge in [0, 0.05) is 24.2 Å². The van der Waals surface area contributed by atoms with Crippen molar-refractivity contribution >= 4 is 23.6 Å². The van der Waals surface area contributed by atoms with E-state index in [9.17, 15) is 13.6 Å². The molecule has 19 heavy (non-hydrogen) atoms. The fourth-order valence-electron chi connectivity index (χ4n) is 1.35. The molecule has 2 N–H and O–H groups in total. The summed E-state index contributed by atoms with van der Waals surface area (Å²) in [6.45, 7) is 0. The smallest absolute Gasteiger partial charge is 0.338 e. The van der Waals surface area contributed by atoms with Crippen LogP contribution in [0.3, 0.4) is 0 Å². The van der Waals surface area contributed by atoms with Gasteiger partial charge >= 0.3 is 5.97 Å². The zero-order chi connectivity index (χ0) is 13.8. The van der Waals surface area contributed by atoms with E-state index < -0.39 is 17.6 Å². The molecule has 0 bridgehead atoms. The van der Waals surface area contributed by atoms with Gasteiger partial charge in [0.25, 0.3) is 0 Å². The van der Waals surface area contributed by atoms with Gasteiger partial charge in [-0.15, -0.1) is 0 Å². The van der Waals surface area contributed by atoms with Gasteiger partial charge in [-0.1, -0.05) is 0 Å². The summed E-state index contributed by atoms with van der Waals surface area (Å²) in [7, 11) is 0. The minimum absolute atomic E-state index is 0.0110. The average Bonchev–Trinajstić information content (AvgIpc) is 2.35. The third kappa shape index (κ3) is 3.41. The molecule has 2 aromatic rings. The van der Waals surface area contributed by atoms with E-state index in [1.165, 1.54) is 18.3 Å². The first kappa shape index (κ1) is 13.3. The Morgan fingerprint density at radius 1 is 1.26 bits per heavy atom. The highest BCUT2D eigenvalue weighted by atomic mass is 32.2. The zero-order valence-corrected chi connectivity index (χ0v) is 10.2. The number of hydrogen-bond acceptors (Lipinski definition) is 4. The molecule has 0 aliphatic rings. The lowest BCUT2D eigenvalue weighted by atomic mass is 10.3. The Bertz CT molecular complexity index is 602. The van der Waals surface area contributed by atoms with Gasteiger partial charge in [0.2, 0.25) is 0 Å². The van der Waals surface area contributed by atoms with Crippen LogP contribution < -0.4 is 4.72 Å². The highest BCUT2D eigenvalue weighted by Gasteiger charge is 2.11. The molecule has 1 aromatic heterocycles. The molecule has 7 heteroatoms. The fraction of sp³-hybridized carbons (Fsp3) is 0. The lowest BCUT2D eigenvalue weighted by molar-refractivity contribution is 0.0692. The molecule has 0 aliphatic heterocycles. The Balaban J connectivity index is 2.16. The molecule has 4 nitrogen and oxygen atoms in total.